The van der Waals surface area contributed by atoms with Crippen LogP contribution < -0.4 is 0 Å². The van der Waals surface area contributed by atoms with Crippen molar-refractivity contribution >= 4 is 23.1 Å². The zero-order chi connectivity index (χ0) is 7.23. The van der Waals surface area contributed by atoms with Crippen molar-refractivity contribution in [3.05, 3.63) is 29.7 Å². The van der Waals surface area contributed by atoms with Gasteiger partial charge in [-0.1, -0.05) is 18.2 Å². The molecule has 0 N–H and O–H groups in total. The third kappa shape index (κ3) is 2.58. The number of thioether (sulfide) groups is 1. The Morgan fingerprint density at radius 3 is 3.20 bits per heavy atom. The molecule has 0 aromatic carbocycles. The standard InChI is InChI=1S/C8H10S2/c1-2-3-6-9-8-5-4-7-10-8/h2-5,7H,6H2,1H3/b3-2+. The minimum Gasteiger partial charge on any atom is -0.137 e. The van der Waals surface area contributed by atoms with Crippen LogP contribution in [-0.2, 0) is 0 Å². The van der Waals surface area contributed by atoms with E-state index in [4.69, 9.17) is 0 Å². The minimum absolute atomic E-state index is 1.09. The molecule has 0 bridgehead atoms. The van der Waals surface area contributed by atoms with Gasteiger partial charge in [-0.3, -0.25) is 0 Å². The SMILES string of the molecule is C/C=C/CSc1cccs1. The van der Waals surface area contributed by atoms with Gasteiger partial charge in [0.1, 0.15) is 0 Å². The first-order valence-corrected chi connectivity index (χ1v) is 5.07. The van der Waals surface area contributed by atoms with Crippen LogP contribution in [0, 0.1) is 0 Å². The number of hydrogen-bond donors (Lipinski definition) is 0. The summed E-state index contributed by atoms with van der Waals surface area (Å²) < 4.78 is 1.40. The van der Waals surface area contributed by atoms with Crippen LogP contribution in [-0.4, -0.2) is 5.75 Å². The molecule has 2 heteroatoms. The van der Waals surface area contributed by atoms with Gasteiger partial charge in [-0.2, -0.15) is 0 Å². The molecule has 0 aliphatic heterocycles. The van der Waals surface area contributed by atoms with E-state index in [1.165, 1.54) is 4.21 Å². The predicted octanol–water partition coefficient (Wildman–Crippen LogP) is 3.42. The number of hydrogen-bond acceptors (Lipinski definition) is 2. The lowest BCUT2D eigenvalue weighted by molar-refractivity contribution is 1.63. The maximum atomic E-state index is 2.17. The minimum atomic E-state index is 1.09. The van der Waals surface area contributed by atoms with Gasteiger partial charge < -0.3 is 0 Å². The van der Waals surface area contributed by atoms with Crippen molar-refractivity contribution in [2.75, 3.05) is 5.75 Å². The monoisotopic (exact) mass is 170 g/mol. The fraction of sp³-hybridized carbons (Fsp3) is 0.250. The van der Waals surface area contributed by atoms with Gasteiger partial charge in [0.15, 0.2) is 0 Å². The summed E-state index contributed by atoms with van der Waals surface area (Å²) in [4.78, 5) is 0. The van der Waals surface area contributed by atoms with Gasteiger partial charge in [0.05, 0.1) is 4.21 Å². The number of allylic oxidation sites excluding steroid dienone is 1. The Balaban J connectivity index is 2.28. The molecule has 0 radical (unpaired) electrons. The van der Waals surface area contributed by atoms with Gasteiger partial charge in [0.2, 0.25) is 0 Å². The summed E-state index contributed by atoms with van der Waals surface area (Å²) in [6.07, 6.45) is 4.25. The van der Waals surface area contributed by atoms with Crippen LogP contribution in [0.4, 0.5) is 0 Å². The molecule has 0 spiro atoms. The third-order valence-corrected chi connectivity index (χ3v) is 3.14. The highest BCUT2D eigenvalue weighted by Gasteiger charge is 1.89. The second kappa shape index (κ2) is 4.58. The van der Waals surface area contributed by atoms with Crippen molar-refractivity contribution in [1.29, 1.82) is 0 Å². The Labute approximate surface area is 70.0 Å². The van der Waals surface area contributed by atoms with E-state index in [-0.39, 0.29) is 0 Å². The number of rotatable bonds is 3. The quantitative estimate of drug-likeness (QED) is 0.495. The summed E-state index contributed by atoms with van der Waals surface area (Å²) in [6, 6.07) is 4.24. The Hall–Kier alpha value is -0.210. The predicted molar refractivity (Wildman–Crippen MR) is 49.9 cm³/mol. The molecule has 0 unspecified atom stereocenters. The molecular weight excluding hydrogens is 160 g/mol. The fourth-order valence-corrected chi connectivity index (χ4v) is 2.29. The smallest absolute Gasteiger partial charge is 0.0601 e. The molecule has 1 heterocycles. The Kier molecular flexibility index (Phi) is 3.62. The average Bonchev–Trinajstić information content (AvgIpc) is 2.41. The maximum Gasteiger partial charge on any atom is 0.0601 e. The first-order valence-electron chi connectivity index (χ1n) is 3.21. The highest BCUT2D eigenvalue weighted by molar-refractivity contribution is 8.01. The van der Waals surface area contributed by atoms with Crippen LogP contribution in [0.2, 0.25) is 0 Å². The van der Waals surface area contributed by atoms with E-state index < -0.39 is 0 Å². The first kappa shape index (κ1) is 7.89. The largest absolute Gasteiger partial charge is 0.137 e. The molecule has 0 aliphatic rings. The van der Waals surface area contributed by atoms with Gasteiger partial charge in [-0.15, -0.1) is 23.1 Å². The lowest BCUT2D eigenvalue weighted by Gasteiger charge is -1.88. The molecule has 1 aromatic heterocycles. The molecule has 0 fully saturated rings. The van der Waals surface area contributed by atoms with E-state index in [1.54, 1.807) is 11.3 Å². The van der Waals surface area contributed by atoms with Crippen LogP contribution in [0.5, 0.6) is 0 Å². The van der Waals surface area contributed by atoms with Crippen LogP contribution in [0.1, 0.15) is 6.92 Å². The van der Waals surface area contributed by atoms with Gasteiger partial charge in [0.25, 0.3) is 0 Å². The van der Waals surface area contributed by atoms with Gasteiger partial charge in [-0.05, 0) is 18.4 Å². The van der Waals surface area contributed by atoms with Crippen LogP contribution in [0.15, 0.2) is 33.9 Å². The Morgan fingerprint density at radius 2 is 2.60 bits per heavy atom. The molecular formula is C8H10S2. The molecule has 10 heavy (non-hydrogen) atoms. The van der Waals surface area contributed by atoms with E-state index in [0.29, 0.717) is 0 Å². The molecule has 0 aliphatic carbocycles. The topological polar surface area (TPSA) is 0 Å². The molecule has 0 atom stereocenters. The average molecular weight is 170 g/mol. The summed E-state index contributed by atoms with van der Waals surface area (Å²) in [5.41, 5.74) is 0. The zero-order valence-corrected chi connectivity index (χ0v) is 7.54. The summed E-state index contributed by atoms with van der Waals surface area (Å²) in [5, 5.41) is 2.11. The van der Waals surface area contributed by atoms with E-state index in [2.05, 4.69) is 36.6 Å². The summed E-state index contributed by atoms with van der Waals surface area (Å²) in [5.74, 6) is 1.09. The maximum absolute atomic E-state index is 2.17. The van der Waals surface area contributed by atoms with Gasteiger partial charge >= 0.3 is 0 Å². The van der Waals surface area contributed by atoms with Crippen molar-refractivity contribution in [1.82, 2.24) is 0 Å². The second-order valence-electron chi connectivity index (χ2n) is 1.81. The molecule has 0 saturated carbocycles. The Morgan fingerprint density at radius 1 is 1.70 bits per heavy atom. The highest BCUT2D eigenvalue weighted by atomic mass is 32.2. The van der Waals surface area contributed by atoms with Gasteiger partial charge in [-0.25, -0.2) is 0 Å². The van der Waals surface area contributed by atoms with Gasteiger partial charge in [0, 0.05) is 5.75 Å². The third-order valence-electron chi connectivity index (χ3n) is 1.05. The van der Waals surface area contributed by atoms with E-state index in [9.17, 15) is 0 Å². The molecule has 0 saturated heterocycles. The van der Waals surface area contributed by atoms with Crippen molar-refractivity contribution in [3.8, 4) is 0 Å². The van der Waals surface area contributed by atoms with Crippen molar-refractivity contribution in [2.45, 2.75) is 11.1 Å². The van der Waals surface area contributed by atoms with Crippen LogP contribution in [0.3, 0.4) is 0 Å². The molecule has 1 aromatic rings. The number of thiophene rings is 1. The lowest BCUT2D eigenvalue weighted by atomic mass is 10.6. The summed E-state index contributed by atoms with van der Waals surface area (Å²) in [6.45, 7) is 2.05. The summed E-state index contributed by atoms with van der Waals surface area (Å²) >= 11 is 3.69. The van der Waals surface area contributed by atoms with E-state index >= 15 is 0 Å². The van der Waals surface area contributed by atoms with Crippen molar-refractivity contribution in [2.24, 2.45) is 0 Å². The molecule has 0 nitrogen and oxygen atoms in total. The van der Waals surface area contributed by atoms with Crippen molar-refractivity contribution < 1.29 is 0 Å². The second-order valence-corrected chi connectivity index (χ2v) is 4.08. The summed E-state index contributed by atoms with van der Waals surface area (Å²) in [7, 11) is 0. The first-order chi connectivity index (χ1) is 4.93. The van der Waals surface area contributed by atoms with E-state index in [0.717, 1.165) is 5.75 Å². The zero-order valence-electron chi connectivity index (χ0n) is 5.91. The normalized spacial score (nSPS) is 10.9. The molecule has 1 rings (SSSR count). The fourth-order valence-electron chi connectivity index (χ4n) is 0.572. The van der Waals surface area contributed by atoms with Crippen LogP contribution >= 0.6 is 23.1 Å². The molecule has 54 valence electrons. The van der Waals surface area contributed by atoms with Crippen LogP contribution in [0.25, 0.3) is 0 Å². The van der Waals surface area contributed by atoms with E-state index in [1.807, 2.05) is 11.8 Å². The lowest BCUT2D eigenvalue weighted by Crippen LogP contribution is -1.65. The van der Waals surface area contributed by atoms with Crippen molar-refractivity contribution in [3.63, 3.8) is 0 Å². The molecule has 0 amide bonds. The Bertz CT molecular complexity index is 187. The highest BCUT2D eigenvalue weighted by Crippen LogP contribution is 2.22.